The predicted octanol–water partition coefficient (Wildman–Crippen LogP) is 5.28. The van der Waals surface area contributed by atoms with Crippen LogP contribution in [0.4, 0.5) is 0 Å². The van der Waals surface area contributed by atoms with E-state index in [2.05, 4.69) is 16.9 Å². The van der Waals surface area contributed by atoms with Gasteiger partial charge in [-0.05, 0) is 25.0 Å². The van der Waals surface area contributed by atoms with Gasteiger partial charge in [0.25, 0.3) is 5.91 Å². The highest BCUT2D eigenvalue weighted by Gasteiger charge is 2.44. The average molecular weight is 448 g/mol. The molecule has 0 aliphatic carbocycles. The van der Waals surface area contributed by atoms with E-state index in [1.165, 1.54) is 11.3 Å². The van der Waals surface area contributed by atoms with Crippen molar-refractivity contribution >= 4 is 23.0 Å². The second-order valence-corrected chi connectivity index (χ2v) is 8.78. The fraction of sp³-hybridized carbons (Fsp3) is 0.280. The van der Waals surface area contributed by atoms with Gasteiger partial charge in [0.2, 0.25) is 5.78 Å². The molecule has 7 heteroatoms. The first-order valence-electron chi connectivity index (χ1n) is 10.7. The second kappa shape index (κ2) is 9.44. The summed E-state index contributed by atoms with van der Waals surface area (Å²) < 4.78 is 0. The molecule has 164 valence electrons. The summed E-state index contributed by atoms with van der Waals surface area (Å²) in [6.45, 7) is 4.33. The molecule has 32 heavy (non-hydrogen) atoms. The number of Topliss-reactive ketones (excluding diaryl/α,β-unsaturated/α-hetero) is 1. The molecule has 6 nitrogen and oxygen atoms in total. The number of hydrogen-bond donors (Lipinski definition) is 1. The van der Waals surface area contributed by atoms with Crippen LogP contribution in [0.5, 0.6) is 0 Å². The molecule has 1 aliphatic heterocycles. The van der Waals surface area contributed by atoms with Crippen LogP contribution in [0.2, 0.25) is 0 Å². The molecule has 0 spiro atoms. The molecule has 1 unspecified atom stereocenters. The minimum absolute atomic E-state index is 0.103. The molecule has 1 amide bonds. The third kappa shape index (κ3) is 4.08. The van der Waals surface area contributed by atoms with Gasteiger partial charge in [-0.2, -0.15) is 0 Å². The van der Waals surface area contributed by atoms with Gasteiger partial charge in [0.1, 0.15) is 5.01 Å². The number of benzene rings is 1. The fourth-order valence-corrected chi connectivity index (χ4v) is 4.99. The first-order chi connectivity index (χ1) is 15.5. The van der Waals surface area contributed by atoms with E-state index in [0.717, 1.165) is 29.8 Å². The zero-order chi connectivity index (χ0) is 22.7. The van der Waals surface area contributed by atoms with Gasteiger partial charge in [0.15, 0.2) is 5.76 Å². The van der Waals surface area contributed by atoms with E-state index in [-0.39, 0.29) is 11.4 Å². The van der Waals surface area contributed by atoms with E-state index >= 15 is 0 Å². The number of thiazole rings is 1. The van der Waals surface area contributed by atoms with Gasteiger partial charge in [-0.1, -0.05) is 56.2 Å². The summed E-state index contributed by atoms with van der Waals surface area (Å²) in [5, 5.41) is 11.5. The number of unbranched alkanes of at least 4 members (excludes halogenated alkanes) is 2. The van der Waals surface area contributed by atoms with Crippen LogP contribution in [-0.4, -0.2) is 38.2 Å². The highest BCUT2D eigenvalue weighted by molar-refractivity contribution is 7.17. The Morgan fingerprint density at radius 3 is 2.62 bits per heavy atom. The van der Waals surface area contributed by atoms with Gasteiger partial charge >= 0.3 is 0 Å². The van der Waals surface area contributed by atoms with Crippen molar-refractivity contribution in [2.75, 3.05) is 6.54 Å². The van der Waals surface area contributed by atoms with Crippen molar-refractivity contribution in [1.29, 1.82) is 0 Å². The SMILES string of the molecule is CCCCCN1C(=O)C(O)=C(C(=O)c2sc(-c3ccccc3)nc2C)C1c1cccnc1. The van der Waals surface area contributed by atoms with E-state index in [0.29, 0.717) is 22.7 Å². The first-order valence-corrected chi connectivity index (χ1v) is 11.6. The number of nitrogens with zero attached hydrogens (tertiary/aromatic N) is 3. The Hall–Kier alpha value is -3.32. The lowest BCUT2D eigenvalue weighted by atomic mass is 9.96. The number of aliphatic hydroxyl groups is 1. The minimum Gasteiger partial charge on any atom is -0.503 e. The third-order valence-electron chi connectivity index (χ3n) is 5.57. The number of aliphatic hydroxyl groups excluding tert-OH is 1. The van der Waals surface area contributed by atoms with E-state index in [1.807, 2.05) is 36.4 Å². The summed E-state index contributed by atoms with van der Waals surface area (Å²) in [5.41, 5.74) is 2.31. The lowest BCUT2D eigenvalue weighted by molar-refractivity contribution is -0.129. The molecule has 0 saturated heterocycles. The molecule has 1 N–H and O–H groups in total. The van der Waals surface area contributed by atoms with Gasteiger partial charge in [-0.3, -0.25) is 14.6 Å². The summed E-state index contributed by atoms with van der Waals surface area (Å²) in [4.78, 5) is 37.4. The summed E-state index contributed by atoms with van der Waals surface area (Å²) in [7, 11) is 0. The van der Waals surface area contributed by atoms with E-state index in [9.17, 15) is 14.7 Å². The molecule has 0 bridgehead atoms. The van der Waals surface area contributed by atoms with Crippen LogP contribution in [0, 0.1) is 6.92 Å². The smallest absolute Gasteiger partial charge is 0.290 e. The Labute approximate surface area is 191 Å². The van der Waals surface area contributed by atoms with Gasteiger partial charge in [-0.25, -0.2) is 4.98 Å². The van der Waals surface area contributed by atoms with Crippen LogP contribution in [-0.2, 0) is 4.79 Å². The molecule has 0 saturated carbocycles. The maximum atomic E-state index is 13.7. The number of pyridine rings is 1. The number of aromatic nitrogens is 2. The highest BCUT2D eigenvalue weighted by Crippen LogP contribution is 2.40. The average Bonchev–Trinajstić information content (AvgIpc) is 3.33. The van der Waals surface area contributed by atoms with Crippen LogP contribution in [0.1, 0.15) is 53.2 Å². The Bertz CT molecular complexity index is 1160. The number of rotatable bonds is 8. The molecular weight excluding hydrogens is 422 g/mol. The normalized spacial score (nSPS) is 16.1. The topological polar surface area (TPSA) is 83.4 Å². The minimum atomic E-state index is -0.665. The summed E-state index contributed by atoms with van der Waals surface area (Å²) in [6, 6.07) is 12.6. The summed E-state index contributed by atoms with van der Waals surface area (Å²) in [6.07, 6.45) is 6.05. The summed E-state index contributed by atoms with van der Waals surface area (Å²) >= 11 is 1.28. The quantitative estimate of drug-likeness (QED) is 0.375. The Kier molecular flexibility index (Phi) is 6.46. The number of carbonyl (C=O) groups is 2. The van der Waals surface area contributed by atoms with Gasteiger partial charge in [0, 0.05) is 24.5 Å². The molecule has 1 atom stereocenters. The predicted molar refractivity (Wildman–Crippen MR) is 124 cm³/mol. The largest absolute Gasteiger partial charge is 0.503 e. The lowest BCUT2D eigenvalue weighted by Crippen LogP contribution is -2.32. The van der Waals surface area contributed by atoms with Crippen LogP contribution in [0.25, 0.3) is 10.6 Å². The zero-order valence-corrected chi connectivity index (χ0v) is 18.9. The maximum absolute atomic E-state index is 13.7. The van der Waals surface area contributed by atoms with Crippen LogP contribution >= 0.6 is 11.3 Å². The molecule has 3 aromatic rings. The first kappa shape index (κ1) is 21.9. The monoisotopic (exact) mass is 447 g/mol. The number of carbonyl (C=O) groups excluding carboxylic acids is 2. The molecule has 0 fully saturated rings. The van der Waals surface area contributed by atoms with Gasteiger partial charge < -0.3 is 10.0 Å². The molecular formula is C25H25N3O3S. The Morgan fingerprint density at radius 1 is 1.16 bits per heavy atom. The number of amides is 1. The van der Waals surface area contributed by atoms with E-state index in [4.69, 9.17) is 0 Å². The molecule has 4 rings (SSSR count). The molecule has 1 aliphatic rings. The number of ketones is 1. The number of aryl methyl sites for hydroxylation is 1. The molecule has 2 aromatic heterocycles. The standard InChI is InChI=1S/C25H25N3O3S/c1-3-4-8-14-28-20(18-12-9-13-26-15-18)19(22(30)25(28)31)21(29)23-16(2)27-24(32-23)17-10-6-5-7-11-17/h5-7,9-13,15,20,30H,3-4,8,14H2,1-2H3. The van der Waals surface area contributed by atoms with Crippen LogP contribution < -0.4 is 0 Å². The van der Waals surface area contributed by atoms with Crippen LogP contribution in [0.3, 0.4) is 0 Å². The molecule has 1 aromatic carbocycles. The van der Waals surface area contributed by atoms with Gasteiger partial charge in [-0.15, -0.1) is 11.3 Å². The van der Waals surface area contributed by atoms with Crippen molar-refractivity contribution in [3.63, 3.8) is 0 Å². The lowest BCUT2D eigenvalue weighted by Gasteiger charge is -2.26. The van der Waals surface area contributed by atoms with Crippen molar-refractivity contribution < 1.29 is 14.7 Å². The maximum Gasteiger partial charge on any atom is 0.290 e. The third-order valence-corrected chi connectivity index (χ3v) is 6.78. The van der Waals surface area contributed by atoms with E-state index < -0.39 is 17.7 Å². The Morgan fingerprint density at radius 2 is 1.94 bits per heavy atom. The van der Waals surface area contributed by atoms with Crippen molar-refractivity contribution in [3.8, 4) is 10.6 Å². The highest BCUT2D eigenvalue weighted by atomic mass is 32.1. The van der Waals surface area contributed by atoms with Crippen molar-refractivity contribution in [2.45, 2.75) is 39.2 Å². The fourth-order valence-electron chi connectivity index (χ4n) is 3.97. The number of hydrogen-bond acceptors (Lipinski definition) is 6. The van der Waals surface area contributed by atoms with Crippen molar-refractivity contribution in [3.05, 3.63) is 82.3 Å². The van der Waals surface area contributed by atoms with Crippen molar-refractivity contribution in [2.24, 2.45) is 0 Å². The van der Waals surface area contributed by atoms with Crippen LogP contribution in [0.15, 0.2) is 66.2 Å². The van der Waals surface area contributed by atoms with E-state index in [1.54, 1.807) is 30.3 Å². The summed E-state index contributed by atoms with van der Waals surface area (Å²) in [5.74, 6) is -1.35. The van der Waals surface area contributed by atoms with Gasteiger partial charge in [0.05, 0.1) is 22.2 Å². The molecule has 0 radical (unpaired) electrons. The van der Waals surface area contributed by atoms with Crippen molar-refractivity contribution in [1.82, 2.24) is 14.9 Å². The molecule has 3 heterocycles. The Balaban J connectivity index is 1.74. The second-order valence-electron chi connectivity index (χ2n) is 7.79. The zero-order valence-electron chi connectivity index (χ0n) is 18.1.